The van der Waals surface area contributed by atoms with E-state index in [-0.39, 0.29) is 11.9 Å². The van der Waals surface area contributed by atoms with Gasteiger partial charge in [-0.3, -0.25) is 15.4 Å². The molecule has 1 aromatic rings. The van der Waals surface area contributed by atoms with Crippen LogP contribution in [0.2, 0.25) is 5.02 Å². The average Bonchev–Trinajstić information content (AvgIpc) is 3.11. The molecule has 2 rings (SSSR count). The van der Waals surface area contributed by atoms with Crippen LogP contribution in [-0.4, -0.2) is 36.2 Å². The van der Waals surface area contributed by atoms with Gasteiger partial charge < -0.3 is 5.32 Å². The molecule has 0 radical (unpaired) electrons. The van der Waals surface area contributed by atoms with Gasteiger partial charge in [0.25, 0.3) is 5.91 Å². The number of nitrogens with zero attached hydrogens (tertiary/aromatic N) is 1. The molecule has 3 unspecified atom stereocenters. The normalized spacial score (nSPS) is 18.9. The van der Waals surface area contributed by atoms with Crippen molar-refractivity contribution >= 4 is 23.5 Å². The van der Waals surface area contributed by atoms with Crippen molar-refractivity contribution in [1.82, 2.24) is 20.9 Å². The van der Waals surface area contributed by atoms with E-state index >= 15 is 0 Å². The zero-order chi connectivity index (χ0) is 24.2. The first-order valence-corrected chi connectivity index (χ1v) is 13.2. The van der Waals surface area contributed by atoms with Crippen LogP contribution in [0.25, 0.3) is 0 Å². The number of amides is 3. The largest absolute Gasteiger partial charge is 0.327 e. The maximum Gasteiger partial charge on any atom is 0.327 e. The van der Waals surface area contributed by atoms with Crippen LogP contribution in [0.15, 0.2) is 24.3 Å². The molecule has 1 aliphatic heterocycles. The first-order valence-electron chi connectivity index (χ1n) is 12.8. The Morgan fingerprint density at radius 1 is 0.970 bits per heavy atom. The number of carbonyl (C=O) groups is 2. The zero-order valence-corrected chi connectivity index (χ0v) is 21.6. The van der Waals surface area contributed by atoms with Crippen molar-refractivity contribution in [1.29, 1.82) is 0 Å². The first-order chi connectivity index (χ1) is 15.9. The summed E-state index contributed by atoms with van der Waals surface area (Å²) in [6.07, 6.45) is 8.61. The van der Waals surface area contributed by atoms with E-state index in [1.165, 1.54) is 30.6 Å². The Bertz CT molecular complexity index is 725. The molecule has 0 aliphatic carbocycles. The molecule has 186 valence electrons. The van der Waals surface area contributed by atoms with E-state index in [0.29, 0.717) is 22.4 Å². The molecule has 7 heteroatoms. The summed E-state index contributed by atoms with van der Waals surface area (Å²) in [5.41, 5.74) is 0.700. The Balaban J connectivity index is 2.15. The molecule has 0 saturated carbocycles. The first kappa shape index (κ1) is 27.6. The second kappa shape index (κ2) is 14.6. The molecule has 1 heterocycles. The van der Waals surface area contributed by atoms with Crippen molar-refractivity contribution in [3.63, 3.8) is 0 Å². The molecule has 33 heavy (non-hydrogen) atoms. The summed E-state index contributed by atoms with van der Waals surface area (Å²) in [6, 6.07) is 6.03. The van der Waals surface area contributed by atoms with Crippen LogP contribution in [0.3, 0.4) is 0 Å². The number of urea groups is 1. The molecule has 1 fully saturated rings. The van der Waals surface area contributed by atoms with E-state index in [1.807, 2.05) is 6.07 Å². The van der Waals surface area contributed by atoms with Crippen LogP contribution < -0.4 is 16.0 Å². The van der Waals surface area contributed by atoms with Gasteiger partial charge in [0.15, 0.2) is 0 Å². The van der Waals surface area contributed by atoms with Gasteiger partial charge in [-0.25, -0.2) is 9.69 Å². The second-order valence-corrected chi connectivity index (χ2v) is 9.63. The van der Waals surface area contributed by atoms with Gasteiger partial charge >= 0.3 is 6.03 Å². The summed E-state index contributed by atoms with van der Waals surface area (Å²) in [5.74, 6) is 0.775. The monoisotopic (exact) mass is 478 g/mol. The fourth-order valence-corrected chi connectivity index (χ4v) is 4.55. The number of halogens is 1. The van der Waals surface area contributed by atoms with Crippen molar-refractivity contribution in [3.8, 4) is 0 Å². The molecule has 1 aliphatic rings. The minimum absolute atomic E-state index is 0.254. The maximum absolute atomic E-state index is 13.4. The lowest BCUT2D eigenvalue weighted by Gasteiger charge is -2.30. The van der Waals surface area contributed by atoms with Crippen LogP contribution in [-0.2, 0) is 4.79 Å². The highest BCUT2D eigenvalue weighted by Crippen LogP contribution is 2.25. The quantitative estimate of drug-likeness (QED) is 0.206. The van der Waals surface area contributed by atoms with E-state index in [4.69, 9.17) is 11.6 Å². The molecular formula is C26H43ClN4O2. The van der Waals surface area contributed by atoms with Gasteiger partial charge in [0.05, 0.1) is 0 Å². The summed E-state index contributed by atoms with van der Waals surface area (Å²) >= 11 is 6.13. The van der Waals surface area contributed by atoms with Crippen LogP contribution >= 0.6 is 11.6 Å². The predicted molar refractivity (Wildman–Crippen MR) is 136 cm³/mol. The van der Waals surface area contributed by atoms with E-state index in [2.05, 4.69) is 43.6 Å². The molecule has 3 atom stereocenters. The minimum Gasteiger partial charge on any atom is -0.322 e. The maximum atomic E-state index is 13.4. The van der Waals surface area contributed by atoms with E-state index in [0.717, 1.165) is 38.8 Å². The molecular weight excluding hydrogens is 436 g/mol. The number of unbranched alkanes of at least 4 members (excludes halogenated alkanes) is 2. The van der Waals surface area contributed by atoms with Crippen molar-refractivity contribution in [2.75, 3.05) is 13.1 Å². The number of rotatable bonds is 16. The minimum atomic E-state index is -0.716. The molecule has 3 amide bonds. The highest BCUT2D eigenvalue weighted by molar-refractivity contribution is 6.30. The molecule has 0 spiro atoms. The Hall–Kier alpha value is -1.63. The molecule has 3 N–H and O–H groups in total. The number of nitrogens with one attached hydrogen (secondary N) is 3. The topological polar surface area (TPSA) is 73.5 Å². The molecule has 0 aromatic heterocycles. The lowest BCUT2D eigenvalue weighted by atomic mass is 9.99. The van der Waals surface area contributed by atoms with Gasteiger partial charge in [0, 0.05) is 18.1 Å². The van der Waals surface area contributed by atoms with Gasteiger partial charge in [-0.15, -0.1) is 0 Å². The van der Waals surface area contributed by atoms with Crippen LogP contribution in [0.4, 0.5) is 4.79 Å². The lowest BCUT2D eigenvalue weighted by molar-refractivity contribution is -0.130. The van der Waals surface area contributed by atoms with Crippen LogP contribution in [0.1, 0.15) is 90.7 Å². The number of imide groups is 1. The van der Waals surface area contributed by atoms with Crippen molar-refractivity contribution in [2.24, 2.45) is 11.8 Å². The third kappa shape index (κ3) is 8.27. The van der Waals surface area contributed by atoms with E-state index < -0.39 is 12.3 Å². The van der Waals surface area contributed by atoms with Crippen molar-refractivity contribution in [3.05, 3.63) is 34.9 Å². The standard InChI is InChI=1S/C26H43ClN4O2/c1-5-9-12-19(7-3)17-28-25(29-18-20(8-4)13-10-6-2)31-24(32)23(30-26(31)33)21-14-11-15-22(27)16-21/h11,14-16,19-20,23,25,28-29H,5-10,12-13,17-18H2,1-4H3,(H,30,33). The van der Waals surface area contributed by atoms with E-state index in [1.54, 1.807) is 18.2 Å². The van der Waals surface area contributed by atoms with Gasteiger partial charge in [0.1, 0.15) is 12.3 Å². The summed E-state index contributed by atoms with van der Waals surface area (Å²) < 4.78 is 0. The van der Waals surface area contributed by atoms with E-state index in [9.17, 15) is 9.59 Å². The van der Waals surface area contributed by atoms with Crippen molar-refractivity contribution < 1.29 is 9.59 Å². The number of hydrogen-bond donors (Lipinski definition) is 3. The number of benzene rings is 1. The van der Waals surface area contributed by atoms with Gasteiger partial charge in [-0.1, -0.05) is 90.0 Å². The SMILES string of the molecule is CCCCC(CC)CNC(NCC(CC)CCCC)N1C(=O)NC(c2cccc(Cl)c2)C1=O. The Kier molecular flexibility index (Phi) is 12.2. The van der Waals surface area contributed by atoms with Crippen LogP contribution in [0.5, 0.6) is 0 Å². The van der Waals surface area contributed by atoms with Gasteiger partial charge in [-0.2, -0.15) is 0 Å². The fraction of sp³-hybridized carbons (Fsp3) is 0.692. The number of carbonyl (C=O) groups excluding carboxylic acids is 2. The third-order valence-electron chi connectivity index (χ3n) is 6.70. The van der Waals surface area contributed by atoms with Crippen molar-refractivity contribution in [2.45, 2.75) is 91.4 Å². The van der Waals surface area contributed by atoms with Gasteiger partial charge in [0.2, 0.25) is 0 Å². The predicted octanol–water partition coefficient (Wildman–Crippen LogP) is 5.83. The Morgan fingerprint density at radius 2 is 1.55 bits per heavy atom. The number of hydrogen-bond acceptors (Lipinski definition) is 4. The zero-order valence-electron chi connectivity index (χ0n) is 20.8. The Morgan fingerprint density at radius 3 is 2.03 bits per heavy atom. The summed E-state index contributed by atoms with van der Waals surface area (Å²) in [6.45, 7) is 10.3. The smallest absolute Gasteiger partial charge is 0.322 e. The molecule has 1 aromatic carbocycles. The third-order valence-corrected chi connectivity index (χ3v) is 6.93. The van der Waals surface area contributed by atoms with Crippen LogP contribution in [0, 0.1) is 11.8 Å². The molecule has 1 saturated heterocycles. The summed E-state index contributed by atoms with van der Waals surface area (Å²) in [5, 5.41) is 10.4. The Labute approximate surface area is 205 Å². The fourth-order valence-electron chi connectivity index (χ4n) is 4.35. The molecule has 0 bridgehead atoms. The summed E-state index contributed by atoms with van der Waals surface area (Å²) in [7, 11) is 0. The summed E-state index contributed by atoms with van der Waals surface area (Å²) in [4.78, 5) is 27.6. The highest BCUT2D eigenvalue weighted by atomic mass is 35.5. The van der Waals surface area contributed by atoms with Gasteiger partial charge in [-0.05, 0) is 42.4 Å². The molecule has 6 nitrogen and oxygen atoms in total. The average molecular weight is 479 g/mol. The second-order valence-electron chi connectivity index (χ2n) is 9.20. The highest BCUT2D eigenvalue weighted by Gasteiger charge is 2.43. The lowest BCUT2D eigenvalue weighted by Crippen LogP contribution is -2.58.